The predicted octanol–water partition coefficient (Wildman–Crippen LogP) is 0.442. The van der Waals surface area contributed by atoms with E-state index in [1.54, 1.807) is 0 Å². The van der Waals surface area contributed by atoms with Crippen molar-refractivity contribution in [2.24, 2.45) is 5.92 Å². The molecule has 0 aromatic rings. The van der Waals surface area contributed by atoms with Crippen LogP contribution in [0.4, 0.5) is 0 Å². The van der Waals surface area contributed by atoms with Gasteiger partial charge in [0, 0.05) is 12.5 Å². The summed E-state index contributed by atoms with van der Waals surface area (Å²) in [5.74, 6) is 1.28. The fourth-order valence-electron chi connectivity index (χ4n) is 1.08. The average Bonchev–Trinajstić information content (AvgIpc) is 2.18. The fraction of sp³-hybridized carbons (Fsp3) is 0.833. The molecule has 3 heteroatoms. The minimum atomic E-state index is 0.212. The minimum Gasteiger partial charge on any atom is -0.356 e. The van der Waals surface area contributed by atoms with Crippen LogP contribution < -0.4 is 5.32 Å². The summed E-state index contributed by atoms with van der Waals surface area (Å²) in [5, 5.41) is 2.78. The van der Waals surface area contributed by atoms with E-state index in [1.807, 2.05) is 0 Å². The first-order chi connectivity index (χ1) is 4.34. The van der Waals surface area contributed by atoms with E-state index in [-0.39, 0.29) is 11.8 Å². The molecule has 1 saturated heterocycles. The third kappa shape index (κ3) is 1.61. The van der Waals surface area contributed by atoms with Gasteiger partial charge in [0.1, 0.15) is 0 Å². The summed E-state index contributed by atoms with van der Waals surface area (Å²) in [6.07, 6.45) is 1.92. The van der Waals surface area contributed by atoms with Gasteiger partial charge in [-0.15, -0.1) is 0 Å². The Morgan fingerprint density at radius 2 is 2.56 bits per heavy atom. The second-order valence-electron chi connectivity index (χ2n) is 2.29. The zero-order chi connectivity index (χ0) is 6.69. The maximum Gasteiger partial charge on any atom is 0.223 e. The molecule has 1 rings (SSSR count). The van der Waals surface area contributed by atoms with Crippen LogP contribution in [0.1, 0.15) is 12.8 Å². The van der Waals surface area contributed by atoms with Gasteiger partial charge in [-0.1, -0.05) is 0 Å². The largest absolute Gasteiger partial charge is 0.356 e. The summed E-state index contributed by atoms with van der Waals surface area (Å²) in [4.78, 5) is 10.8. The number of thiol groups is 1. The molecule has 0 saturated carbocycles. The third-order valence-corrected chi connectivity index (χ3v) is 1.90. The molecule has 52 valence electrons. The summed E-state index contributed by atoms with van der Waals surface area (Å²) in [6, 6.07) is 0. The second-order valence-corrected chi connectivity index (χ2v) is 2.74. The van der Waals surface area contributed by atoms with E-state index in [4.69, 9.17) is 0 Å². The van der Waals surface area contributed by atoms with Gasteiger partial charge in [-0.05, 0) is 18.6 Å². The molecular formula is C6H11NOS. The number of carbonyl (C=O) groups excluding carboxylic acids is 1. The number of rotatable bonds is 2. The molecule has 1 heterocycles. The van der Waals surface area contributed by atoms with Crippen LogP contribution in [0.15, 0.2) is 0 Å². The van der Waals surface area contributed by atoms with Crippen LogP contribution >= 0.6 is 12.6 Å². The highest BCUT2D eigenvalue weighted by atomic mass is 32.1. The summed E-state index contributed by atoms with van der Waals surface area (Å²) in [7, 11) is 0. The Labute approximate surface area is 60.4 Å². The zero-order valence-electron chi connectivity index (χ0n) is 5.26. The summed E-state index contributed by atoms with van der Waals surface area (Å²) < 4.78 is 0. The van der Waals surface area contributed by atoms with Crippen molar-refractivity contribution >= 4 is 18.5 Å². The molecule has 1 unspecified atom stereocenters. The van der Waals surface area contributed by atoms with E-state index in [2.05, 4.69) is 17.9 Å². The molecule has 9 heavy (non-hydrogen) atoms. The maximum atomic E-state index is 10.8. The number of hydrogen-bond donors (Lipinski definition) is 2. The topological polar surface area (TPSA) is 29.1 Å². The molecule has 0 radical (unpaired) electrons. The molecule has 1 atom stereocenters. The van der Waals surface area contributed by atoms with E-state index in [0.717, 1.165) is 25.1 Å². The van der Waals surface area contributed by atoms with Crippen LogP contribution in [0.2, 0.25) is 0 Å². The first-order valence-corrected chi connectivity index (χ1v) is 3.86. The molecule has 1 aliphatic rings. The standard InChI is InChI=1S/C6H11NOS/c8-6-5(2-4-9)1-3-7-6/h5,9H,1-4H2,(H,7,8). The van der Waals surface area contributed by atoms with Crippen molar-refractivity contribution in [3.63, 3.8) is 0 Å². The van der Waals surface area contributed by atoms with E-state index < -0.39 is 0 Å². The Morgan fingerprint density at radius 3 is 3.00 bits per heavy atom. The number of carbonyl (C=O) groups is 1. The Morgan fingerprint density at radius 1 is 1.78 bits per heavy atom. The molecule has 0 aromatic heterocycles. The number of nitrogens with one attached hydrogen (secondary N) is 1. The Bertz CT molecular complexity index is 116. The lowest BCUT2D eigenvalue weighted by Gasteiger charge is -2.00. The van der Waals surface area contributed by atoms with Crippen molar-refractivity contribution in [3.8, 4) is 0 Å². The molecule has 0 spiro atoms. The van der Waals surface area contributed by atoms with Crippen molar-refractivity contribution in [2.45, 2.75) is 12.8 Å². The van der Waals surface area contributed by atoms with Gasteiger partial charge in [0.2, 0.25) is 5.91 Å². The molecule has 0 aromatic carbocycles. The van der Waals surface area contributed by atoms with Gasteiger partial charge < -0.3 is 5.32 Å². The molecule has 1 aliphatic heterocycles. The first kappa shape index (κ1) is 6.93. The van der Waals surface area contributed by atoms with E-state index in [0.29, 0.717) is 0 Å². The van der Waals surface area contributed by atoms with Crippen LogP contribution in [0.25, 0.3) is 0 Å². The van der Waals surface area contributed by atoms with E-state index >= 15 is 0 Å². The van der Waals surface area contributed by atoms with Crippen molar-refractivity contribution < 1.29 is 4.79 Å². The molecule has 1 N–H and O–H groups in total. The Kier molecular flexibility index (Phi) is 2.39. The monoisotopic (exact) mass is 145 g/mol. The van der Waals surface area contributed by atoms with Gasteiger partial charge in [-0.25, -0.2) is 0 Å². The van der Waals surface area contributed by atoms with Gasteiger partial charge in [0.05, 0.1) is 0 Å². The quantitative estimate of drug-likeness (QED) is 0.542. The highest BCUT2D eigenvalue weighted by molar-refractivity contribution is 7.80. The SMILES string of the molecule is O=C1NCCC1CCS. The number of amides is 1. The fourth-order valence-corrected chi connectivity index (χ4v) is 1.39. The van der Waals surface area contributed by atoms with Crippen molar-refractivity contribution in [3.05, 3.63) is 0 Å². The van der Waals surface area contributed by atoms with Gasteiger partial charge in [0.15, 0.2) is 0 Å². The summed E-state index contributed by atoms with van der Waals surface area (Å²) >= 11 is 4.06. The second kappa shape index (κ2) is 3.11. The highest BCUT2D eigenvalue weighted by Gasteiger charge is 2.22. The first-order valence-electron chi connectivity index (χ1n) is 3.23. The lowest BCUT2D eigenvalue weighted by Crippen LogP contribution is -2.19. The Hall–Kier alpha value is -0.180. The smallest absolute Gasteiger partial charge is 0.223 e. The molecule has 1 fully saturated rings. The Balaban J connectivity index is 2.31. The van der Waals surface area contributed by atoms with Gasteiger partial charge in [-0.3, -0.25) is 4.79 Å². The highest BCUT2D eigenvalue weighted by Crippen LogP contribution is 2.13. The molecule has 0 bridgehead atoms. The van der Waals surface area contributed by atoms with Crippen LogP contribution in [0, 0.1) is 5.92 Å². The molecular weight excluding hydrogens is 134 g/mol. The van der Waals surface area contributed by atoms with Crippen LogP contribution in [0.3, 0.4) is 0 Å². The molecule has 2 nitrogen and oxygen atoms in total. The maximum absolute atomic E-state index is 10.8. The van der Waals surface area contributed by atoms with Gasteiger partial charge in [-0.2, -0.15) is 12.6 Å². The average molecular weight is 145 g/mol. The normalized spacial score (nSPS) is 26.3. The van der Waals surface area contributed by atoms with Crippen LogP contribution in [0.5, 0.6) is 0 Å². The molecule has 0 aliphatic carbocycles. The van der Waals surface area contributed by atoms with E-state index in [1.165, 1.54) is 0 Å². The van der Waals surface area contributed by atoms with Crippen molar-refractivity contribution in [1.82, 2.24) is 5.32 Å². The molecule has 1 amide bonds. The lowest BCUT2D eigenvalue weighted by molar-refractivity contribution is -0.122. The van der Waals surface area contributed by atoms with Crippen molar-refractivity contribution in [2.75, 3.05) is 12.3 Å². The van der Waals surface area contributed by atoms with Gasteiger partial charge in [0.25, 0.3) is 0 Å². The third-order valence-electron chi connectivity index (χ3n) is 1.64. The van der Waals surface area contributed by atoms with Gasteiger partial charge >= 0.3 is 0 Å². The lowest BCUT2D eigenvalue weighted by atomic mass is 10.1. The van der Waals surface area contributed by atoms with Crippen LogP contribution in [-0.4, -0.2) is 18.2 Å². The van der Waals surface area contributed by atoms with Crippen LogP contribution in [-0.2, 0) is 4.79 Å². The van der Waals surface area contributed by atoms with E-state index in [9.17, 15) is 4.79 Å². The minimum absolute atomic E-state index is 0.212. The summed E-state index contributed by atoms with van der Waals surface area (Å²) in [6.45, 7) is 0.858. The zero-order valence-corrected chi connectivity index (χ0v) is 6.16. The predicted molar refractivity (Wildman–Crippen MR) is 39.6 cm³/mol. The summed E-state index contributed by atoms with van der Waals surface area (Å²) in [5.41, 5.74) is 0. The van der Waals surface area contributed by atoms with Crippen molar-refractivity contribution in [1.29, 1.82) is 0 Å². The number of hydrogen-bond acceptors (Lipinski definition) is 2.